The van der Waals surface area contributed by atoms with Gasteiger partial charge in [0.15, 0.2) is 0 Å². The molecule has 3 aromatic rings. The van der Waals surface area contributed by atoms with Crippen LogP contribution in [0.1, 0.15) is 16.7 Å². The number of methoxy groups -OCH3 is 1. The molecule has 0 unspecified atom stereocenters. The van der Waals surface area contributed by atoms with Crippen LogP contribution < -0.4 is 9.64 Å². The molecule has 154 valence electrons. The summed E-state index contributed by atoms with van der Waals surface area (Å²) in [7, 11) is 1.67. The Labute approximate surface area is 177 Å². The smallest absolute Gasteiger partial charge is 0.246 e. The minimum atomic E-state index is 0.0551. The fraction of sp³-hybridized carbons (Fsp3) is 0.280. The summed E-state index contributed by atoms with van der Waals surface area (Å²) in [5, 5.41) is 1.10. The first kappa shape index (κ1) is 20.0. The number of benzene rings is 2. The van der Waals surface area contributed by atoms with Crippen molar-refractivity contribution < 1.29 is 9.53 Å². The van der Waals surface area contributed by atoms with Gasteiger partial charge in [0.25, 0.3) is 0 Å². The summed E-state index contributed by atoms with van der Waals surface area (Å²) in [6.07, 6.45) is 3.55. The van der Waals surface area contributed by atoms with E-state index in [1.54, 1.807) is 13.2 Å². The highest BCUT2D eigenvalue weighted by Gasteiger charge is 2.21. The van der Waals surface area contributed by atoms with E-state index in [4.69, 9.17) is 9.72 Å². The second-order valence-corrected chi connectivity index (χ2v) is 7.71. The van der Waals surface area contributed by atoms with E-state index in [0.29, 0.717) is 13.1 Å². The molecule has 30 heavy (non-hydrogen) atoms. The molecule has 0 bridgehead atoms. The Morgan fingerprint density at radius 1 is 1.03 bits per heavy atom. The summed E-state index contributed by atoms with van der Waals surface area (Å²) in [6.45, 7) is 7.04. The maximum absolute atomic E-state index is 12.6. The molecule has 0 saturated carbocycles. The van der Waals surface area contributed by atoms with Crippen LogP contribution >= 0.6 is 0 Å². The van der Waals surface area contributed by atoms with Crippen LogP contribution in [-0.4, -0.2) is 49.1 Å². The molecule has 5 heteroatoms. The van der Waals surface area contributed by atoms with Crippen LogP contribution in [-0.2, 0) is 4.79 Å². The summed E-state index contributed by atoms with van der Waals surface area (Å²) in [6, 6.07) is 16.3. The highest BCUT2D eigenvalue weighted by Crippen LogP contribution is 2.29. The highest BCUT2D eigenvalue weighted by molar-refractivity contribution is 5.92. The Morgan fingerprint density at radius 2 is 1.77 bits per heavy atom. The molecule has 1 aromatic heterocycles. The van der Waals surface area contributed by atoms with Gasteiger partial charge < -0.3 is 14.5 Å². The molecule has 0 spiro atoms. The molecule has 0 aliphatic carbocycles. The van der Waals surface area contributed by atoms with Crippen LogP contribution in [0.2, 0.25) is 0 Å². The third-order valence-electron chi connectivity index (χ3n) is 5.63. The number of nitrogens with zero attached hydrogens (tertiary/aromatic N) is 3. The first-order valence-electron chi connectivity index (χ1n) is 10.3. The number of amides is 1. The van der Waals surface area contributed by atoms with E-state index in [1.807, 2.05) is 35.2 Å². The van der Waals surface area contributed by atoms with Gasteiger partial charge in [-0.3, -0.25) is 4.79 Å². The van der Waals surface area contributed by atoms with E-state index in [-0.39, 0.29) is 5.91 Å². The van der Waals surface area contributed by atoms with Crippen LogP contribution in [0.4, 0.5) is 5.82 Å². The molecule has 2 heterocycles. The summed E-state index contributed by atoms with van der Waals surface area (Å²) < 4.78 is 5.50. The number of piperazine rings is 1. The Balaban J connectivity index is 1.44. The maximum atomic E-state index is 12.6. The van der Waals surface area contributed by atoms with Crippen molar-refractivity contribution >= 4 is 28.7 Å². The number of aromatic nitrogens is 1. The predicted octanol–water partition coefficient (Wildman–Crippen LogP) is 4.22. The van der Waals surface area contributed by atoms with Crippen LogP contribution in [0.3, 0.4) is 0 Å². The molecule has 1 fully saturated rings. The lowest BCUT2D eigenvalue weighted by Gasteiger charge is -2.35. The number of para-hydroxylation sites is 1. The fourth-order valence-corrected chi connectivity index (χ4v) is 3.81. The first-order chi connectivity index (χ1) is 14.5. The standard InChI is InChI=1S/C25H27N3O2/c1-18-7-9-20(10-8-18)11-12-24(29)28-15-13-27(14-16-28)23-17-19(2)21-5-4-6-22(30-3)25(21)26-23/h4-12,17H,13-16H2,1-3H3/b12-11+. The van der Waals surface area contributed by atoms with Crippen molar-refractivity contribution in [3.8, 4) is 5.75 Å². The van der Waals surface area contributed by atoms with Gasteiger partial charge in [0.05, 0.1) is 7.11 Å². The Kier molecular flexibility index (Phi) is 5.70. The first-order valence-corrected chi connectivity index (χ1v) is 10.3. The number of carbonyl (C=O) groups is 1. The third-order valence-corrected chi connectivity index (χ3v) is 5.63. The number of hydrogen-bond acceptors (Lipinski definition) is 4. The fourth-order valence-electron chi connectivity index (χ4n) is 3.81. The van der Waals surface area contributed by atoms with Crippen LogP contribution in [0.15, 0.2) is 54.6 Å². The lowest BCUT2D eigenvalue weighted by Crippen LogP contribution is -2.48. The van der Waals surface area contributed by atoms with E-state index in [2.05, 4.69) is 43.0 Å². The third kappa shape index (κ3) is 4.15. The van der Waals surface area contributed by atoms with E-state index in [9.17, 15) is 4.79 Å². The second kappa shape index (κ2) is 8.57. The highest BCUT2D eigenvalue weighted by atomic mass is 16.5. The Bertz CT molecular complexity index is 1080. The number of hydrogen-bond donors (Lipinski definition) is 0. The Morgan fingerprint density at radius 3 is 2.47 bits per heavy atom. The lowest BCUT2D eigenvalue weighted by atomic mass is 10.1. The molecule has 1 saturated heterocycles. The van der Waals surface area contributed by atoms with E-state index >= 15 is 0 Å². The van der Waals surface area contributed by atoms with Gasteiger partial charge in [-0.05, 0) is 43.2 Å². The molecular formula is C25H27N3O2. The van der Waals surface area contributed by atoms with Crippen LogP contribution in [0, 0.1) is 13.8 Å². The van der Waals surface area contributed by atoms with Gasteiger partial charge in [0, 0.05) is 37.6 Å². The molecule has 1 amide bonds. The zero-order valence-corrected chi connectivity index (χ0v) is 17.8. The van der Waals surface area contributed by atoms with Crippen LogP contribution in [0.5, 0.6) is 5.75 Å². The van der Waals surface area contributed by atoms with Crippen LogP contribution in [0.25, 0.3) is 17.0 Å². The van der Waals surface area contributed by atoms with Crippen molar-refractivity contribution in [2.24, 2.45) is 0 Å². The number of carbonyl (C=O) groups excluding carboxylic acids is 1. The second-order valence-electron chi connectivity index (χ2n) is 7.71. The van der Waals surface area contributed by atoms with Gasteiger partial charge in [0.2, 0.25) is 5.91 Å². The summed E-state index contributed by atoms with van der Waals surface area (Å²) in [5.41, 5.74) is 4.31. The van der Waals surface area contributed by atoms with Crippen molar-refractivity contribution in [1.82, 2.24) is 9.88 Å². The van der Waals surface area contributed by atoms with Crippen molar-refractivity contribution in [3.05, 3.63) is 71.3 Å². The molecule has 0 atom stereocenters. The molecule has 0 radical (unpaired) electrons. The van der Waals surface area contributed by atoms with E-state index in [0.717, 1.165) is 41.1 Å². The topological polar surface area (TPSA) is 45.7 Å². The van der Waals surface area contributed by atoms with Crippen molar-refractivity contribution in [2.75, 3.05) is 38.2 Å². The maximum Gasteiger partial charge on any atom is 0.246 e. The molecule has 5 nitrogen and oxygen atoms in total. The zero-order chi connectivity index (χ0) is 21.1. The number of rotatable bonds is 4. The molecule has 0 N–H and O–H groups in total. The van der Waals surface area contributed by atoms with Gasteiger partial charge in [-0.25, -0.2) is 4.98 Å². The largest absolute Gasteiger partial charge is 0.494 e. The van der Waals surface area contributed by atoms with Crippen molar-refractivity contribution in [3.63, 3.8) is 0 Å². The summed E-state index contributed by atoms with van der Waals surface area (Å²) in [4.78, 5) is 21.6. The van der Waals surface area contributed by atoms with Gasteiger partial charge in [0.1, 0.15) is 17.1 Å². The molecule has 2 aromatic carbocycles. The number of fused-ring (bicyclic) bond motifs is 1. The van der Waals surface area contributed by atoms with Gasteiger partial charge >= 0.3 is 0 Å². The number of ether oxygens (including phenoxy) is 1. The van der Waals surface area contributed by atoms with Gasteiger partial charge in [-0.2, -0.15) is 0 Å². The number of pyridine rings is 1. The molecule has 1 aliphatic rings. The average molecular weight is 402 g/mol. The molecule has 4 rings (SSSR count). The molecular weight excluding hydrogens is 374 g/mol. The monoisotopic (exact) mass is 401 g/mol. The predicted molar refractivity (Wildman–Crippen MR) is 122 cm³/mol. The van der Waals surface area contributed by atoms with Gasteiger partial charge in [-0.15, -0.1) is 0 Å². The van der Waals surface area contributed by atoms with Crippen molar-refractivity contribution in [1.29, 1.82) is 0 Å². The lowest BCUT2D eigenvalue weighted by molar-refractivity contribution is -0.126. The quantitative estimate of drug-likeness (QED) is 0.614. The SMILES string of the molecule is COc1cccc2c(C)cc(N3CCN(C(=O)/C=C/c4ccc(C)cc4)CC3)nc12. The molecule has 1 aliphatic heterocycles. The minimum absolute atomic E-state index is 0.0551. The van der Waals surface area contributed by atoms with E-state index in [1.165, 1.54) is 11.1 Å². The normalized spacial score (nSPS) is 14.5. The summed E-state index contributed by atoms with van der Waals surface area (Å²) in [5.74, 6) is 1.78. The number of aryl methyl sites for hydroxylation is 2. The van der Waals surface area contributed by atoms with Gasteiger partial charge in [-0.1, -0.05) is 42.0 Å². The Hall–Kier alpha value is -3.34. The average Bonchev–Trinajstić information content (AvgIpc) is 2.78. The minimum Gasteiger partial charge on any atom is -0.494 e. The zero-order valence-electron chi connectivity index (χ0n) is 17.8. The van der Waals surface area contributed by atoms with E-state index < -0.39 is 0 Å². The summed E-state index contributed by atoms with van der Waals surface area (Å²) >= 11 is 0. The van der Waals surface area contributed by atoms with Crippen molar-refractivity contribution in [2.45, 2.75) is 13.8 Å². The number of anilines is 1.